The van der Waals surface area contributed by atoms with E-state index in [1.807, 2.05) is 0 Å². The van der Waals surface area contributed by atoms with Crippen LogP contribution in [0.3, 0.4) is 0 Å². The zero-order valence-electron chi connectivity index (χ0n) is 20.0. The molecular formula is C26H37N3O4. The highest BCUT2D eigenvalue weighted by Crippen LogP contribution is 2.30. The summed E-state index contributed by atoms with van der Waals surface area (Å²) in [5.41, 5.74) is 0.913. The lowest BCUT2D eigenvalue weighted by Crippen LogP contribution is -2.46. The summed E-state index contributed by atoms with van der Waals surface area (Å²) in [6, 6.07) is 6.09. The third kappa shape index (κ3) is 5.46. The van der Waals surface area contributed by atoms with Crippen LogP contribution in [0.4, 0.5) is 5.69 Å². The molecule has 7 heteroatoms. The number of hydrogen-bond acceptors (Lipinski definition) is 6. The number of piperidine rings is 2. The Morgan fingerprint density at radius 3 is 2.21 bits per heavy atom. The molecule has 180 valence electrons. The van der Waals surface area contributed by atoms with Crippen LogP contribution in [0.25, 0.3) is 0 Å². The lowest BCUT2D eigenvalue weighted by Gasteiger charge is -2.36. The van der Waals surface area contributed by atoms with Crippen molar-refractivity contribution in [2.75, 3.05) is 44.7 Å². The van der Waals surface area contributed by atoms with Crippen molar-refractivity contribution in [1.82, 2.24) is 9.80 Å². The number of ether oxygens (including phenoxy) is 1. The average molecular weight is 456 g/mol. The van der Waals surface area contributed by atoms with Gasteiger partial charge in [0.1, 0.15) is 0 Å². The molecule has 7 nitrogen and oxygen atoms in total. The average Bonchev–Trinajstić information content (AvgIpc) is 3.16. The van der Waals surface area contributed by atoms with Gasteiger partial charge in [-0.15, -0.1) is 0 Å². The molecule has 3 heterocycles. The summed E-state index contributed by atoms with van der Waals surface area (Å²) in [6.07, 6.45) is 7.65. The fourth-order valence-electron chi connectivity index (χ4n) is 5.57. The molecule has 0 aromatic heterocycles. The smallest absolute Gasteiger partial charge is 0.337 e. The summed E-state index contributed by atoms with van der Waals surface area (Å²) in [4.78, 5) is 43.5. The minimum Gasteiger partial charge on any atom is -0.465 e. The molecule has 0 spiro atoms. The predicted molar refractivity (Wildman–Crippen MR) is 127 cm³/mol. The summed E-state index contributed by atoms with van der Waals surface area (Å²) >= 11 is 0. The van der Waals surface area contributed by atoms with Crippen molar-refractivity contribution in [2.45, 2.75) is 57.9 Å². The molecule has 3 saturated heterocycles. The second-order valence-electron chi connectivity index (χ2n) is 9.79. The van der Waals surface area contributed by atoms with Crippen LogP contribution < -0.4 is 4.90 Å². The van der Waals surface area contributed by atoms with E-state index in [1.54, 1.807) is 24.3 Å². The molecule has 3 fully saturated rings. The number of amides is 2. The molecule has 3 aliphatic rings. The van der Waals surface area contributed by atoms with E-state index in [-0.39, 0.29) is 24.3 Å². The number of methoxy groups -OCH3 is 1. The Balaban J connectivity index is 1.26. The molecular weight excluding hydrogens is 418 g/mol. The van der Waals surface area contributed by atoms with Gasteiger partial charge >= 0.3 is 5.97 Å². The molecule has 0 saturated carbocycles. The Labute approximate surface area is 197 Å². The predicted octanol–water partition coefficient (Wildman–Crippen LogP) is 3.33. The number of anilines is 1. The van der Waals surface area contributed by atoms with Crippen LogP contribution in [-0.4, -0.2) is 73.5 Å². The van der Waals surface area contributed by atoms with E-state index in [4.69, 9.17) is 4.74 Å². The maximum atomic E-state index is 13.1. The molecule has 0 bridgehead atoms. The molecule has 0 N–H and O–H groups in total. The summed E-state index contributed by atoms with van der Waals surface area (Å²) in [7, 11) is 1.33. The summed E-state index contributed by atoms with van der Waals surface area (Å²) in [5.74, 6) is 0.865. The number of likely N-dealkylation sites (tertiary alicyclic amines) is 2. The normalized spacial score (nSPS) is 23.9. The van der Waals surface area contributed by atoms with Gasteiger partial charge in [0.05, 0.1) is 30.8 Å². The van der Waals surface area contributed by atoms with E-state index >= 15 is 0 Å². The molecule has 0 unspecified atom stereocenters. The van der Waals surface area contributed by atoms with Crippen LogP contribution in [0.1, 0.15) is 62.2 Å². The maximum Gasteiger partial charge on any atom is 0.337 e. The lowest BCUT2D eigenvalue weighted by atomic mass is 9.91. The number of nitrogens with zero attached hydrogens (tertiary/aromatic N) is 3. The van der Waals surface area contributed by atoms with Gasteiger partial charge in [0, 0.05) is 0 Å². The second kappa shape index (κ2) is 10.8. The highest BCUT2D eigenvalue weighted by atomic mass is 16.5. The molecule has 1 atom stereocenters. The fourth-order valence-corrected chi connectivity index (χ4v) is 5.57. The first-order valence-corrected chi connectivity index (χ1v) is 12.5. The molecule has 0 aliphatic carbocycles. The monoisotopic (exact) mass is 455 g/mol. The second-order valence-corrected chi connectivity index (χ2v) is 9.79. The van der Waals surface area contributed by atoms with E-state index in [2.05, 4.69) is 16.7 Å². The molecule has 4 rings (SSSR count). The van der Waals surface area contributed by atoms with Gasteiger partial charge in [-0.3, -0.25) is 14.5 Å². The van der Waals surface area contributed by atoms with Gasteiger partial charge in [0.25, 0.3) is 5.91 Å². The number of carbonyl (C=O) groups is 3. The number of imide groups is 1. The zero-order chi connectivity index (χ0) is 23.4. The van der Waals surface area contributed by atoms with Crippen molar-refractivity contribution in [3.63, 3.8) is 0 Å². The van der Waals surface area contributed by atoms with Crippen LogP contribution in [-0.2, 0) is 14.3 Å². The molecule has 1 aromatic rings. The van der Waals surface area contributed by atoms with E-state index in [0.717, 1.165) is 31.8 Å². The Kier molecular flexibility index (Phi) is 7.81. The van der Waals surface area contributed by atoms with Gasteiger partial charge in [-0.25, -0.2) is 9.69 Å². The van der Waals surface area contributed by atoms with Crippen LogP contribution in [0, 0.1) is 11.8 Å². The number of benzene rings is 1. The van der Waals surface area contributed by atoms with E-state index in [9.17, 15) is 14.4 Å². The Hall–Kier alpha value is -2.25. The van der Waals surface area contributed by atoms with Crippen molar-refractivity contribution in [3.8, 4) is 0 Å². The standard InChI is InChI=1S/C26H37N3O4/c1-3-19-8-13-27(14-9-19)15-10-20-11-16-28(17-12-20)23-18-24(30)29(25(23)31)22-6-4-21(5-7-22)26(32)33-2/h4-7,19-20,23H,3,8-18H2,1-2H3/t23-/m0/s1. The molecule has 33 heavy (non-hydrogen) atoms. The summed E-state index contributed by atoms with van der Waals surface area (Å²) in [5, 5.41) is 0. The summed E-state index contributed by atoms with van der Waals surface area (Å²) < 4.78 is 4.71. The van der Waals surface area contributed by atoms with Crippen molar-refractivity contribution < 1.29 is 19.1 Å². The largest absolute Gasteiger partial charge is 0.465 e. The first kappa shape index (κ1) is 23.9. The Morgan fingerprint density at radius 1 is 0.970 bits per heavy atom. The number of hydrogen-bond donors (Lipinski definition) is 0. The highest BCUT2D eigenvalue weighted by molar-refractivity contribution is 6.22. The first-order chi connectivity index (χ1) is 16.0. The summed E-state index contributed by atoms with van der Waals surface area (Å²) in [6.45, 7) is 7.73. The zero-order valence-corrected chi connectivity index (χ0v) is 20.0. The van der Waals surface area contributed by atoms with Crippen LogP contribution in [0.15, 0.2) is 24.3 Å². The van der Waals surface area contributed by atoms with E-state index in [0.29, 0.717) is 17.2 Å². The van der Waals surface area contributed by atoms with Crippen molar-refractivity contribution in [3.05, 3.63) is 29.8 Å². The maximum absolute atomic E-state index is 13.1. The van der Waals surface area contributed by atoms with Gasteiger partial charge in [0.15, 0.2) is 0 Å². The van der Waals surface area contributed by atoms with Crippen molar-refractivity contribution in [1.29, 1.82) is 0 Å². The SMILES string of the molecule is CCC1CCN(CCC2CCN([C@H]3CC(=O)N(c4ccc(C(=O)OC)cc4)C3=O)CC2)CC1. The third-order valence-corrected chi connectivity index (χ3v) is 7.90. The molecule has 0 radical (unpaired) electrons. The van der Waals surface area contributed by atoms with Crippen molar-refractivity contribution in [2.24, 2.45) is 11.8 Å². The molecule has 2 amide bonds. The minimum atomic E-state index is -0.438. The van der Waals surface area contributed by atoms with Gasteiger partial charge in [-0.05, 0) is 101 Å². The topological polar surface area (TPSA) is 70.2 Å². The van der Waals surface area contributed by atoms with Crippen LogP contribution in [0.5, 0.6) is 0 Å². The van der Waals surface area contributed by atoms with Gasteiger partial charge in [-0.1, -0.05) is 13.3 Å². The minimum absolute atomic E-state index is 0.150. The molecule has 1 aromatic carbocycles. The lowest BCUT2D eigenvalue weighted by molar-refractivity contribution is -0.123. The number of rotatable bonds is 7. The van der Waals surface area contributed by atoms with Crippen LogP contribution in [0.2, 0.25) is 0 Å². The van der Waals surface area contributed by atoms with Gasteiger partial charge < -0.3 is 9.64 Å². The van der Waals surface area contributed by atoms with Gasteiger partial charge in [-0.2, -0.15) is 0 Å². The first-order valence-electron chi connectivity index (χ1n) is 12.5. The van der Waals surface area contributed by atoms with Gasteiger partial charge in [0.2, 0.25) is 5.91 Å². The quantitative estimate of drug-likeness (QED) is 0.464. The number of esters is 1. The fraction of sp³-hybridized carbons (Fsp3) is 0.654. The molecule has 3 aliphatic heterocycles. The van der Waals surface area contributed by atoms with E-state index < -0.39 is 5.97 Å². The van der Waals surface area contributed by atoms with Crippen molar-refractivity contribution >= 4 is 23.5 Å². The Bertz CT molecular complexity index is 840. The third-order valence-electron chi connectivity index (χ3n) is 7.90. The highest BCUT2D eigenvalue weighted by Gasteiger charge is 2.43. The van der Waals surface area contributed by atoms with E-state index in [1.165, 1.54) is 57.3 Å². The number of carbonyl (C=O) groups excluding carboxylic acids is 3. The van der Waals surface area contributed by atoms with Crippen LogP contribution >= 0.6 is 0 Å². The Morgan fingerprint density at radius 2 is 1.61 bits per heavy atom.